The van der Waals surface area contributed by atoms with E-state index in [-0.39, 0.29) is 11.7 Å². The Bertz CT molecular complexity index is 1450. The van der Waals surface area contributed by atoms with Gasteiger partial charge in [0, 0.05) is 22.3 Å². The third-order valence-electron chi connectivity index (χ3n) is 5.16. The first-order valence-electron chi connectivity index (χ1n) is 9.97. The largest absolute Gasteiger partial charge is 0.321 e. The average molecular weight is 457 g/mol. The molecule has 0 radical (unpaired) electrons. The number of para-hydroxylation sites is 1. The number of amides is 1. The van der Waals surface area contributed by atoms with Crippen LogP contribution in [-0.4, -0.2) is 16.3 Å². The summed E-state index contributed by atoms with van der Waals surface area (Å²) in [6, 6.07) is 27.7. The van der Waals surface area contributed by atoms with Crippen LogP contribution in [0, 0.1) is 0 Å². The zero-order chi connectivity index (χ0) is 22.1. The minimum atomic E-state index is -0.276. The molecule has 0 fully saturated rings. The first-order valence-corrected chi connectivity index (χ1v) is 11.2. The van der Waals surface area contributed by atoms with E-state index < -0.39 is 0 Å². The Labute approximate surface area is 193 Å². The normalized spacial score (nSPS) is 10.9. The number of fused-ring (bicyclic) bond motifs is 1. The molecular formula is C26H17ClN2O2S. The molecule has 0 aliphatic heterocycles. The molecule has 5 rings (SSSR count). The molecule has 0 aliphatic rings. The van der Waals surface area contributed by atoms with Crippen LogP contribution in [-0.2, 0) is 0 Å². The molecule has 32 heavy (non-hydrogen) atoms. The van der Waals surface area contributed by atoms with Gasteiger partial charge in [-0.2, -0.15) is 0 Å². The van der Waals surface area contributed by atoms with E-state index in [1.54, 1.807) is 48.5 Å². The Morgan fingerprint density at radius 1 is 0.844 bits per heavy atom. The van der Waals surface area contributed by atoms with Gasteiger partial charge in [0.15, 0.2) is 5.78 Å². The lowest BCUT2D eigenvalue weighted by atomic mass is 10.0. The fourth-order valence-electron chi connectivity index (χ4n) is 3.60. The molecule has 1 amide bonds. The van der Waals surface area contributed by atoms with E-state index in [9.17, 15) is 9.59 Å². The number of benzene rings is 3. The third kappa shape index (κ3) is 3.84. The Balaban J connectivity index is 1.43. The zero-order valence-corrected chi connectivity index (χ0v) is 18.4. The van der Waals surface area contributed by atoms with Crippen molar-refractivity contribution >= 4 is 51.2 Å². The number of hydrogen-bond donors (Lipinski definition) is 1. The molecule has 0 saturated heterocycles. The molecular weight excluding hydrogens is 440 g/mol. The maximum Gasteiger partial charge on any atom is 0.265 e. The smallest absolute Gasteiger partial charge is 0.265 e. The van der Waals surface area contributed by atoms with Crippen molar-refractivity contribution in [3.63, 3.8) is 0 Å². The summed E-state index contributed by atoms with van der Waals surface area (Å²) in [5.41, 5.74) is 2.39. The number of carbonyl (C=O) groups excluding carboxylic acids is 2. The second-order valence-corrected chi connectivity index (χ2v) is 8.72. The van der Waals surface area contributed by atoms with E-state index >= 15 is 0 Å². The van der Waals surface area contributed by atoms with Crippen LogP contribution < -0.4 is 5.32 Å². The van der Waals surface area contributed by atoms with Crippen LogP contribution in [0.5, 0.6) is 0 Å². The number of nitrogens with one attached hydrogen (secondary N) is 1. The summed E-state index contributed by atoms with van der Waals surface area (Å²) in [6.45, 7) is 0. The maximum absolute atomic E-state index is 13.0. The summed E-state index contributed by atoms with van der Waals surface area (Å²) in [5.74, 6) is -0.476. The number of hydrogen-bond acceptors (Lipinski definition) is 3. The minimum Gasteiger partial charge on any atom is -0.321 e. The summed E-state index contributed by atoms with van der Waals surface area (Å²) in [7, 11) is 0. The average Bonchev–Trinajstić information content (AvgIpc) is 3.47. The van der Waals surface area contributed by atoms with Crippen molar-refractivity contribution in [3.8, 4) is 5.00 Å². The molecule has 1 N–H and O–H groups in total. The molecule has 4 nitrogen and oxygen atoms in total. The second kappa shape index (κ2) is 8.46. The van der Waals surface area contributed by atoms with Gasteiger partial charge in [-0.25, -0.2) is 0 Å². The fourth-order valence-corrected chi connectivity index (χ4v) is 4.67. The Kier molecular flexibility index (Phi) is 5.35. The van der Waals surface area contributed by atoms with Gasteiger partial charge < -0.3 is 9.88 Å². The topological polar surface area (TPSA) is 51.1 Å². The summed E-state index contributed by atoms with van der Waals surface area (Å²) < 4.78 is 2.06. The van der Waals surface area contributed by atoms with Crippen LogP contribution >= 0.6 is 22.9 Å². The molecule has 5 aromatic rings. The quantitative estimate of drug-likeness (QED) is 0.295. The van der Waals surface area contributed by atoms with Gasteiger partial charge in [0.1, 0.15) is 5.00 Å². The highest BCUT2D eigenvalue weighted by atomic mass is 35.5. The van der Waals surface area contributed by atoms with Gasteiger partial charge in [-0.05, 0) is 47.9 Å². The van der Waals surface area contributed by atoms with Crippen molar-refractivity contribution in [2.24, 2.45) is 0 Å². The summed E-state index contributed by atoms with van der Waals surface area (Å²) >= 11 is 7.53. The molecule has 3 aromatic carbocycles. The van der Waals surface area contributed by atoms with Crippen molar-refractivity contribution in [2.45, 2.75) is 0 Å². The van der Waals surface area contributed by atoms with Gasteiger partial charge in [-0.3, -0.25) is 9.59 Å². The highest BCUT2D eigenvalue weighted by Crippen LogP contribution is 2.28. The van der Waals surface area contributed by atoms with Crippen molar-refractivity contribution in [2.75, 3.05) is 5.32 Å². The summed E-state index contributed by atoms with van der Waals surface area (Å²) in [5, 5.41) is 5.39. The molecule has 0 spiro atoms. The number of thiophene rings is 1. The van der Waals surface area contributed by atoms with Crippen LogP contribution in [0.2, 0.25) is 5.02 Å². The van der Waals surface area contributed by atoms with Crippen molar-refractivity contribution < 1.29 is 9.59 Å². The van der Waals surface area contributed by atoms with Crippen LogP contribution in [0.25, 0.3) is 15.9 Å². The molecule has 0 bridgehead atoms. The van der Waals surface area contributed by atoms with Crippen LogP contribution in [0.1, 0.15) is 25.6 Å². The molecule has 0 atom stereocenters. The first-order chi connectivity index (χ1) is 15.6. The lowest BCUT2D eigenvalue weighted by molar-refractivity contribution is 0.103. The standard InChI is InChI=1S/C26H17ClN2O2S/c27-19-10-11-21(20(16-19)25(30)18-7-2-1-3-8-18)28-26(31)23-12-13-24(32-23)29-15-14-17-6-4-5-9-22(17)29/h1-16H,(H,28,31). The third-order valence-corrected chi connectivity index (χ3v) is 6.48. The first kappa shape index (κ1) is 20.2. The van der Waals surface area contributed by atoms with Gasteiger partial charge >= 0.3 is 0 Å². The Morgan fingerprint density at radius 3 is 2.47 bits per heavy atom. The fraction of sp³-hybridized carbons (Fsp3) is 0. The molecule has 0 aliphatic carbocycles. The second-order valence-electron chi connectivity index (χ2n) is 7.22. The SMILES string of the molecule is O=C(Nc1ccc(Cl)cc1C(=O)c1ccccc1)c1ccc(-n2ccc3ccccc32)s1. The number of halogens is 1. The number of rotatable bonds is 5. The van der Waals surface area contributed by atoms with Crippen molar-refractivity contribution in [1.82, 2.24) is 4.57 Å². The number of aromatic nitrogens is 1. The molecule has 6 heteroatoms. The van der Waals surface area contributed by atoms with Gasteiger partial charge in [-0.1, -0.05) is 60.1 Å². The number of carbonyl (C=O) groups is 2. The number of anilines is 1. The van der Waals surface area contributed by atoms with Gasteiger partial charge in [-0.15, -0.1) is 11.3 Å². The lowest BCUT2D eigenvalue weighted by Gasteiger charge is -2.10. The van der Waals surface area contributed by atoms with Gasteiger partial charge in [0.2, 0.25) is 0 Å². The zero-order valence-electron chi connectivity index (χ0n) is 16.8. The van der Waals surface area contributed by atoms with E-state index in [1.165, 1.54) is 11.3 Å². The lowest BCUT2D eigenvalue weighted by Crippen LogP contribution is -2.14. The van der Waals surface area contributed by atoms with Gasteiger partial charge in [0.25, 0.3) is 5.91 Å². The minimum absolute atomic E-state index is 0.200. The summed E-state index contributed by atoms with van der Waals surface area (Å²) in [6.07, 6.45) is 1.99. The monoisotopic (exact) mass is 456 g/mol. The van der Waals surface area contributed by atoms with Crippen molar-refractivity contribution in [1.29, 1.82) is 0 Å². The Hall–Kier alpha value is -3.67. The van der Waals surface area contributed by atoms with Gasteiger partial charge in [0.05, 0.1) is 16.1 Å². The summed E-state index contributed by atoms with van der Waals surface area (Å²) in [4.78, 5) is 26.6. The van der Waals surface area contributed by atoms with E-state index in [0.717, 1.165) is 15.9 Å². The molecule has 2 heterocycles. The van der Waals surface area contributed by atoms with E-state index in [0.29, 0.717) is 26.7 Å². The van der Waals surface area contributed by atoms with Crippen LogP contribution in [0.4, 0.5) is 5.69 Å². The highest BCUT2D eigenvalue weighted by molar-refractivity contribution is 7.16. The van der Waals surface area contributed by atoms with Crippen molar-refractivity contribution in [3.05, 3.63) is 118 Å². The number of ketones is 1. The molecule has 156 valence electrons. The van der Waals surface area contributed by atoms with E-state index in [1.807, 2.05) is 42.6 Å². The van der Waals surface area contributed by atoms with E-state index in [4.69, 9.17) is 11.6 Å². The van der Waals surface area contributed by atoms with Crippen LogP contribution in [0.3, 0.4) is 0 Å². The van der Waals surface area contributed by atoms with E-state index in [2.05, 4.69) is 16.0 Å². The maximum atomic E-state index is 13.0. The predicted molar refractivity (Wildman–Crippen MR) is 130 cm³/mol. The molecule has 0 unspecified atom stereocenters. The number of nitrogens with zero attached hydrogens (tertiary/aromatic N) is 1. The van der Waals surface area contributed by atoms with Crippen LogP contribution in [0.15, 0.2) is 97.2 Å². The highest BCUT2D eigenvalue weighted by Gasteiger charge is 2.18. The molecule has 0 saturated carbocycles. The molecule has 2 aromatic heterocycles. The Morgan fingerprint density at radius 2 is 1.62 bits per heavy atom. The predicted octanol–water partition coefficient (Wildman–Crippen LogP) is 6.83.